The van der Waals surface area contributed by atoms with Gasteiger partial charge in [-0.15, -0.1) is 0 Å². The molecule has 1 aromatic rings. The molecule has 0 radical (unpaired) electrons. The number of carbonyl (C=O) groups excluding carboxylic acids is 1. The van der Waals surface area contributed by atoms with Crippen molar-refractivity contribution in [2.45, 2.75) is 12.5 Å². The number of fused-ring (bicyclic) bond motifs is 1. The molecule has 0 spiro atoms. The predicted octanol–water partition coefficient (Wildman–Crippen LogP) is 0.385. The van der Waals surface area contributed by atoms with Gasteiger partial charge in [-0.25, -0.2) is 8.42 Å². The Kier molecular flexibility index (Phi) is 2.90. The molecule has 0 saturated carbocycles. The first-order chi connectivity index (χ1) is 8.97. The molecule has 2 fully saturated rings. The van der Waals surface area contributed by atoms with Crippen molar-refractivity contribution < 1.29 is 17.6 Å². The van der Waals surface area contributed by atoms with Gasteiger partial charge in [-0.2, -0.15) is 4.31 Å². The molecule has 0 bridgehead atoms. The number of hydrogen-bond acceptors (Lipinski definition) is 4. The van der Waals surface area contributed by atoms with Gasteiger partial charge in [-0.05, 0) is 24.5 Å². The molecular weight excluding hydrogens is 268 g/mol. The fraction of sp³-hybridized carbons (Fsp3) is 0.583. The summed E-state index contributed by atoms with van der Waals surface area (Å²) < 4.78 is 29.7. The number of furan rings is 1. The number of rotatable bonds is 2. The highest BCUT2D eigenvalue weighted by atomic mass is 32.2. The first-order valence-corrected chi connectivity index (χ1v) is 8.11. The second-order valence-corrected chi connectivity index (χ2v) is 7.15. The smallest absolute Gasteiger partial charge is 0.289 e. The van der Waals surface area contributed by atoms with Gasteiger partial charge in [0.05, 0.1) is 18.6 Å². The minimum atomic E-state index is -3.18. The molecule has 2 atom stereocenters. The fourth-order valence-electron chi connectivity index (χ4n) is 2.99. The number of carbonyl (C=O) groups is 1. The average Bonchev–Trinajstić information content (AvgIpc) is 3.03. The maximum Gasteiger partial charge on any atom is 0.289 e. The predicted molar refractivity (Wildman–Crippen MR) is 68.1 cm³/mol. The van der Waals surface area contributed by atoms with E-state index in [0.29, 0.717) is 25.4 Å². The summed E-state index contributed by atoms with van der Waals surface area (Å²) in [7, 11) is -3.18. The van der Waals surface area contributed by atoms with Gasteiger partial charge in [0.15, 0.2) is 5.76 Å². The van der Waals surface area contributed by atoms with E-state index in [4.69, 9.17) is 4.42 Å². The van der Waals surface area contributed by atoms with Crippen LogP contribution in [0, 0.1) is 5.92 Å². The molecular formula is C12H16N2O4S. The van der Waals surface area contributed by atoms with E-state index in [2.05, 4.69) is 0 Å². The topological polar surface area (TPSA) is 70.8 Å². The van der Waals surface area contributed by atoms with Crippen LogP contribution < -0.4 is 0 Å². The molecule has 0 N–H and O–H groups in total. The Bertz CT molecular complexity index is 581. The van der Waals surface area contributed by atoms with E-state index in [1.165, 1.54) is 16.8 Å². The standard InChI is InChI=1S/C12H16N2O4S/c1-19(16,17)13-7-9-4-5-14(10(9)8-13)12(15)11-3-2-6-18-11/h2-3,6,9-10H,4-5,7-8H2,1H3/t9-,10+/m0/s1. The molecule has 2 aliphatic heterocycles. The monoisotopic (exact) mass is 284 g/mol. The minimum Gasteiger partial charge on any atom is -0.459 e. The van der Waals surface area contributed by atoms with Crippen molar-refractivity contribution in [3.63, 3.8) is 0 Å². The minimum absolute atomic E-state index is 0.0210. The molecule has 7 heteroatoms. The molecule has 0 aromatic carbocycles. The zero-order valence-electron chi connectivity index (χ0n) is 10.7. The molecule has 2 aliphatic rings. The molecule has 0 unspecified atom stereocenters. The Morgan fingerprint density at radius 3 is 2.84 bits per heavy atom. The molecule has 0 aliphatic carbocycles. The number of likely N-dealkylation sites (tertiary alicyclic amines) is 1. The lowest BCUT2D eigenvalue weighted by Gasteiger charge is -2.23. The Labute approximate surface area is 112 Å². The van der Waals surface area contributed by atoms with E-state index >= 15 is 0 Å². The summed E-state index contributed by atoms with van der Waals surface area (Å²) in [5.41, 5.74) is 0. The summed E-state index contributed by atoms with van der Waals surface area (Å²) in [5.74, 6) is 0.417. The largest absolute Gasteiger partial charge is 0.459 e. The van der Waals surface area contributed by atoms with Gasteiger partial charge in [-0.3, -0.25) is 4.79 Å². The van der Waals surface area contributed by atoms with E-state index in [1.807, 2.05) is 0 Å². The van der Waals surface area contributed by atoms with Crippen molar-refractivity contribution in [1.82, 2.24) is 9.21 Å². The van der Waals surface area contributed by atoms with Crippen LogP contribution in [0.25, 0.3) is 0 Å². The summed E-state index contributed by atoms with van der Waals surface area (Å²) in [6, 6.07) is 3.30. The van der Waals surface area contributed by atoms with Crippen LogP contribution in [-0.2, 0) is 10.0 Å². The van der Waals surface area contributed by atoms with Crippen LogP contribution in [0.2, 0.25) is 0 Å². The lowest BCUT2D eigenvalue weighted by atomic mass is 10.1. The van der Waals surface area contributed by atoms with Crippen molar-refractivity contribution in [3.05, 3.63) is 24.2 Å². The zero-order valence-corrected chi connectivity index (χ0v) is 11.5. The average molecular weight is 284 g/mol. The van der Waals surface area contributed by atoms with Gasteiger partial charge in [0.1, 0.15) is 0 Å². The second kappa shape index (κ2) is 4.35. The maximum absolute atomic E-state index is 12.3. The fourth-order valence-corrected chi connectivity index (χ4v) is 3.87. The molecule has 1 amide bonds. The van der Waals surface area contributed by atoms with Crippen LogP contribution >= 0.6 is 0 Å². The molecule has 6 nitrogen and oxygen atoms in total. The Hall–Kier alpha value is -1.34. The van der Waals surface area contributed by atoms with Crippen molar-refractivity contribution in [1.29, 1.82) is 0 Å². The highest BCUT2D eigenvalue weighted by Gasteiger charge is 2.46. The first kappa shape index (κ1) is 12.7. The third-order valence-electron chi connectivity index (χ3n) is 3.98. The highest BCUT2D eigenvalue weighted by molar-refractivity contribution is 7.88. The SMILES string of the molecule is CS(=O)(=O)N1C[C@@H]2CCN(C(=O)c3ccco3)[C@@H]2C1. The van der Waals surface area contributed by atoms with Crippen LogP contribution in [0.15, 0.2) is 22.8 Å². The van der Waals surface area contributed by atoms with Gasteiger partial charge in [0.2, 0.25) is 10.0 Å². The van der Waals surface area contributed by atoms with Crippen molar-refractivity contribution in [2.75, 3.05) is 25.9 Å². The van der Waals surface area contributed by atoms with Gasteiger partial charge >= 0.3 is 0 Å². The van der Waals surface area contributed by atoms with Gasteiger partial charge in [-0.1, -0.05) is 0 Å². The Morgan fingerprint density at radius 2 is 2.21 bits per heavy atom. The Morgan fingerprint density at radius 1 is 1.42 bits per heavy atom. The number of amides is 1. The quantitative estimate of drug-likeness (QED) is 0.787. The van der Waals surface area contributed by atoms with Crippen molar-refractivity contribution in [3.8, 4) is 0 Å². The lowest BCUT2D eigenvalue weighted by Crippen LogP contribution is -2.40. The summed E-state index contributed by atoms with van der Waals surface area (Å²) in [6.07, 6.45) is 3.54. The van der Waals surface area contributed by atoms with Crippen LogP contribution in [0.4, 0.5) is 0 Å². The maximum atomic E-state index is 12.3. The number of nitrogens with zero attached hydrogens (tertiary/aromatic N) is 2. The summed E-state index contributed by atoms with van der Waals surface area (Å²) in [4.78, 5) is 14.0. The van der Waals surface area contributed by atoms with E-state index in [0.717, 1.165) is 6.42 Å². The first-order valence-electron chi connectivity index (χ1n) is 6.26. The van der Waals surface area contributed by atoms with Crippen molar-refractivity contribution in [2.24, 2.45) is 5.92 Å². The van der Waals surface area contributed by atoms with Gasteiger partial charge in [0.25, 0.3) is 5.91 Å². The van der Waals surface area contributed by atoms with E-state index in [9.17, 15) is 13.2 Å². The van der Waals surface area contributed by atoms with Crippen molar-refractivity contribution >= 4 is 15.9 Å². The number of sulfonamides is 1. The third-order valence-corrected chi connectivity index (χ3v) is 5.21. The summed E-state index contributed by atoms with van der Waals surface area (Å²) in [5, 5.41) is 0. The molecule has 19 heavy (non-hydrogen) atoms. The van der Waals surface area contributed by atoms with Crippen LogP contribution in [0.5, 0.6) is 0 Å². The van der Waals surface area contributed by atoms with E-state index < -0.39 is 10.0 Å². The highest BCUT2D eigenvalue weighted by Crippen LogP contribution is 2.33. The van der Waals surface area contributed by atoms with Crippen LogP contribution in [-0.4, -0.2) is 55.5 Å². The summed E-state index contributed by atoms with van der Waals surface area (Å²) >= 11 is 0. The molecule has 1 aromatic heterocycles. The van der Waals surface area contributed by atoms with Crippen LogP contribution in [0.1, 0.15) is 17.0 Å². The molecule has 2 saturated heterocycles. The Balaban J connectivity index is 1.78. The molecule has 3 heterocycles. The van der Waals surface area contributed by atoms with Crippen LogP contribution in [0.3, 0.4) is 0 Å². The second-order valence-electron chi connectivity index (χ2n) is 5.17. The van der Waals surface area contributed by atoms with Gasteiger partial charge in [0, 0.05) is 19.6 Å². The normalized spacial score (nSPS) is 27.7. The van der Waals surface area contributed by atoms with E-state index in [1.54, 1.807) is 17.0 Å². The van der Waals surface area contributed by atoms with Gasteiger partial charge < -0.3 is 9.32 Å². The summed E-state index contributed by atoms with van der Waals surface area (Å²) in [6.45, 7) is 1.59. The zero-order chi connectivity index (χ0) is 13.6. The lowest BCUT2D eigenvalue weighted by molar-refractivity contribution is 0.0700. The third kappa shape index (κ3) is 2.17. The molecule has 104 valence electrons. The molecule has 3 rings (SSSR count). The number of hydrogen-bond donors (Lipinski definition) is 0. The van der Waals surface area contributed by atoms with E-state index in [-0.39, 0.29) is 17.9 Å².